The maximum atomic E-state index is 11.9. The summed E-state index contributed by atoms with van der Waals surface area (Å²) in [5, 5.41) is 11.6. The molecule has 0 aliphatic heterocycles. The molecule has 1 fully saturated rings. The number of nitrogens with zero attached hydrogens (tertiary/aromatic N) is 1. The molecule has 1 aliphatic rings. The van der Waals surface area contributed by atoms with Crippen LogP contribution in [0.5, 0.6) is 0 Å². The second-order valence-corrected chi connectivity index (χ2v) is 5.80. The summed E-state index contributed by atoms with van der Waals surface area (Å²) in [6, 6.07) is -0.901. The van der Waals surface area contributed by atoms with Crippen LogP contribution in [0.1, 0.15) is 26.2 Å². The first-order valence-electron chi connectivity index (χ1n) is 6.22. The quantitative estimate of drug-likeness (QED) is 0.740. The van der Waals surface area contributed by atoms with Crippen LogP contribution in [-0.2, 0) is 4.79 Å². The first-order valence-corrected chi connectivity index (χ1v) is 7.61. The highest BCUT2D eigenvalue weighted by atomic mass is 32.2. The molecule has 104 valence electrons. The monoisotopic (exact) mass is 274 g/mol. The molecule has 1 unspecified atom stereocenters. The molecule has 2 amide bonds. The summed E-state index contributed by atoms with van der Waals surface area (Å²) in [5.41, 5.74) is 0. The van der Waals surface area contributed by atoms with Gasteiger partial charge in [-0.15, -0.1) is 0 Å². The molecule has 2 N–H and O–H groups in total. The van der Waals surface area contributed by atoms with Crippen molar-refractivity contribution in [3.63, 3.8) is 0 Å². The standard InChI is InChI=1S/C12H22N2O3S/c1-8(9-4-5-9)14(2)12(17)13-10(11(15)16)6-7-18-3/h8-10H,4-7H2,1-3H3,(H,13,17)(H,15,16)/t8?,10-/m0/s1. The molecule has 5 nitrogen and oxygen atoms in total. The number of thioether (sulfide) groups is 1. The predicted molar refractivity (Wildman–Crippen MR) is 72.9 cm³/mol. The number of rotatable bonds is 7. The van der Waals surface area contributed by atoms with Crippen LogP contribution in [0, 0.1) is 5.92 Å². The minimum Gasteiger partial charge on any atom is -0.480 e. The van der Waals surface area contributed by atoms with Crippen LogP contribution in [0.4, 0.5) is 4.79 Å². The van der Waals surface area contributed by atoms with E-state index in [9.17, 15) is 9.59 Å². The van der Waals surface area contributed by atoms with Crippen molar-refractivity contribution in [2.75, 3.05) is 19.1 Å². The van der Waals surface area contributed by atoms with E-state index < -0.39 is 12.0 Å². The number of hydrogen-bond donors (Lipinski definition) is 2. The lowest BCUT2D eigenvalue weighted by molar-refractivity contribution is -0.139. The number of urea groups is 1. The number of aliphatic carboxylic acids is 1. The van der Waals surface area contributed by atoms with Gasteiger partial charge in [-0.1, -0.05) is 0 Å². The van der Waals surface area contributed by atoms with Gasteiger partial charge in [0.15, 0.2) is 0 Å². The van der Waals surface area contributed by atoms with E-state index in [2.05, 4.69) is 5.32 Å². The lowest BCUT2D eigenvalue weighted by Crippen LogP contribution is -2.49. The number of amides is 2. The van der Waals surface area contributed by atoms with Crippen molar-refractivity contribution in [3.05, 3.63) is 0 Å². The second kappa shape index (κ2) is 6.87. The number of hydrogen-bond acceptors (Lipinski definition) is 3. The molecule has 6 heteroatoms. The van der Waals surface area contributed by atoms with Gasteiger partial charge in [0.1, 0.15) is 6.04 Å². The summed E-state index contributed by atoms with van der Waals surface area (Å²) in [4.78, 5) is 24.6. The fraction of sp³-hybridized carbons (Fsp3) is 0.833. The van der Waals surface area contributed by atoms with E-state index >= 15 is 0 Å². The van der Waals surface area contributed by atoms with Gasteiger partial charge in [-0.05, 0) is 44.1 Å². The normalized spacial score (nSPS) is 17.9. The van der Waals surface area contributed by atoms with E-state index in [0.29, 0.717) is 12.3 Å². The van der Waals surface area contributed by atoms with Gasteiger partial charge in [0.2, 0.25) is 0 Å². The molecule has 0 heterocycles. The van der Waals surface area contributed by atoms with Crippen LogP contribution in [-0.4, -0.2) is 53.1 Å². The molecule has 18 heavy (non-hydrogen) atoms. The lowest BCUT2D eigenvalue weighted by atomic mass is 10.2. The minimum atomic E-state index is -0.968. The van der Waals surface area contributed by atoms with Crippen molar-refractivity contribution in [1.29, 1.82) is 0 Å². The predicted octanol–water partition coefficient (Wildman–Crippen LogP) is 1.63. The highest BCUT2D eigenvalue weighted by Gasteiger charge is 2.33. The SMILES string of the molecule is CSCC[C@H](NC(=O)N(C)C(C)C1CC1)C(=O)O. The molecular formula is C12H22N2O3S. The van der Waals surface area contributed by atoms with Crippen molar-refractivity contribution < 1.29 is 14.7 Å². The van der Waals surface area contributed by atoms with E-state index in [1.54, 1.807) is 23.7 Å². The summed E-state index contributed by atoms with van der Waals surface area (Å²) in [7, 11) is 1.73. The Morgan fingerprint density at radius 2 is 2.11 bits per heavy atom. The number of carbonyl (C=O) groups excluding carboxylic acids is 1. The van der Waals surface area contributed by atoms with Gasteiger partial charge in [-0.25, -0.2) is 9.59 Å². The van der Waals surface area contributed by atoms with Gasteiger partial charge in [-0.3, -0.25) is 0 Å². The van der Waals surface area contributed by atoms with E-state index in [1.807, 2.05) is 13.2 Å². The van der Waals surface area contributed by atoms with Gasteiger partial charge in [0.05, 0.1) is 0 Å². The highest BCUT2D eigenvalue weighted by molar-refractivity contribution is 7.98. The van der Waals surface area contributed by atoms with E-state index in [1.165, 1.54) is 0 Å². The van der Waals surface area contributed by atoms with Crippen LogP contribution in [0.2, 0.25) is 0 Å². The minimum absolute atomic E-state index is 0.181. The zero-order valence-corrected chi connectivity index (χ0v) is 12.0. The Hall–Kier alpha value is -0.910. The molecule has 1 rings (SSSR count). The molecule has 0 bridgehead atoms. The molecule has 0 spiro atoms. The molecular weight excluding hydrogens is 252 g/mol. The van der Waals surface area contributed by atoms with Crippen LogP contribution >= 0.6 is 11.8 Å². The van der Waals surface area contributed by atoms with Crippen molar-refractivity contribution in [2.45, 2.75) is 38.3 Å². The first kappa shape index (κ1) is 15.1. The number of carboxylic acid groups (broad SMARTS) is 1. The molecule has 0 aromatic carbocycles. The maximum Gasteiger partial charge on any atom is 0.326 e. The van der Waals surface area contributed by atoms with Gasteiger partial charge in [-0.2, -0.15) is 11.8 Å². The Bertz CT molecular complexity index is 308. The maximum absolute atomic E-state index is 11.9. The molecule has 0 saturated heterocycles. The molecule has 0 aromatic heterocycles. The zero-order chi connectivity index (χ0) is 13.7. The van der Waals surface area contributed by atoms with E-state index in [4.69, 9.17) is 5.11 Å². The first-order chi connectivity index (χ1) is 8.47. The highest BCUT2D eigenvalue weighted by Crippen LogP contribution is 2.34. The molecule has 0 aromatic rings. The average Bonchev–Trinajstić information content (AvgIpc) is 3.15. The smallest absolute Gasteiger partial charge is 0.326 e. The van der Waals surface area contributed by atoms with Crippen molar-refractivity contribution >= 4 is 23.8 Å². The third kappa shape index (κ3) is 4.40. The van der Waals surface area contributed by atoms with Gasteiger partial charge in [0, 0.05) is 13.1 Å². The van der Waals surface area contributed by atoms with Crippen molar-refractivity contribution in [1.82, 2.24) is 10.2 Å². The van der Waals surface area contributed by atoms with Crippen LogP contribution in [0.15, 0.2) is 0 Å². The third-order valence-corrected chi connectivity index (χ3v) is 4.09. The summed E-state index contributed by atoms with van der Waals surface area (Å²) >= 11 is 1.58. The molecule has 2 atom stereocenters. The number of carbonyl (C=O) groups is 2. The summed E-state index contributed by atoms with van der Waals surface area (Å²) < 4.78 is 0. The van der Waals surface area contributed by atoms with Crippen LogP contribution < -0.4 is 5.32 Å². The number of carboxylic acids is 1. The largest absolute Gasteiger partial charge is 0.480 e. The van der Waals surface area contributed by atoms with E-state index in [0.717, 1.165) is 18.6 Å². The average molecular weight is 274 g/mol. The summed E-state index contributed by atoms with van der Waals surface area (Å²) in [6.07, 6.45) is 4.69. The molecule has 0 radical (unpaired) electrons. The lowest BCUT2D eigenvalue weighted by Gasteiger charge is -2.26. The van der Waals surface area contributed by atoms with Crippen LogP contribution in [0.3, 0.4) is 0 Å². The molecule has 1 aliphatic carbocycles. The molecule has 1 saturated carbocycles. The Balaban J connectivity index is 2.46. The second-order valence-electron chi connectivity index (χ2n) is 4.81. The topological polar surface area (TPSA) is 69.6 Å². The fourth-order valence-corrected chi connectivity index (χ4v) is 2.30. The van der Waals surface area contributed by atoms with Gasteiger partial charge in [0.25, 0.3) is 0 Å². The summed E-state index contributed by atoms with van der Waals surface area (Å²) in [6.45, 7) is 2.01. The van der Waals surface area contributed by atoms with Crippen molar-refractivity contribution in [2.24, 2.45) is 5.92 Å². The van der Waals surface area contributed by atoms with E-state index in [-0.39, 0.29) is 12.1 Å². The summed E-state index contributed by atoms with van der Waals surface area (Å²) in [5.74, 6) is 0.333. The Kier molecular flexibility index (Phi) is 5.78. The zero-order valence-electron chi connectivity index (χ0n) is 11.2. The number of nitrogens with one attached hydrogen (secondary N) is 1. The van der Waals surface area contributed by atoms with Gasteiger partial charge < -0.3 is 15.3 Å². The van der Waals surface area contributed by atoms with Crippen molar-refractivity contribution in [3.8, 4) is 0 Å². The fourth-order valence-electron chi connectivity index (χ4n) is 1.82. The third-order valence-electron chi connectivity index (χ3n) is 3.44. The van der Waals surface area contributed by atoms with Gasteiger partial charge >= 0.3 is 12.0 Å². The Labute approximate surface area is 112 Å². The Morgan fingerprint density at radius 3 is 2.56 bits per heavy atom. The Morgan fingerprint density at radius 1 is 1.50 bits per heavy atom. The van der Waals surface area contributed by atoms with Crippen LogP contribution in [0.25, 0.3) is 0 Å².